The highest BCUT2D eigenvalue weighted by Gasteiger charge is 2.40. The van der Waals surface area contributed by atoms with Crippen LogP contribution in [0.1, 0.15) is 35.4 Å². The zero-order chi connectivity index (χ0) is 16.2. The van der Waals surface area contributed by atoms with E-state index in [4.69, 9.17) is 4.74 Å². The average Bonchev–Trinajstić information content (AvgIpc) is 3.41. The van der Waals surface area contributed by atoms with E-state index in [1.165, 1.54) is 0 Å². The number of nitrogens with zero attached hydrogens (tertiary/aromatic N) is 1. The van der Waals surface area contributed by atoms with Gasteiger partial charge in [0.05, 0.1) is 6.10 Å². The molecular formula is C19H21NO3. The molecule has 1 heterocycles. The molecule has 2 atom stereocenters. The van der Waals surface area contributed by atoms with Gasteiger partial charge in [-0.3, -0.25) is 9.78 Å². The summed E-state index contributed by atoms with van der Waals surface area (Å²) in [6.07, 6.45) is 4.60. The number of aliphatic hydroxyl groups excluding tert-OH is 1. The lowest BCUT2D eigenvalue weighted by Gasteiger charge is -2.22. The molecule has 23 heavy (non-hydrogen) atoms. The fourth-order valence-electron chi connectivity index (χ4n) is 2.68. The summed E-state index contributed by atoms with van der Waals surface area (Å²) in [7, 11) is 0. The second kappa shape index (κ2) is 6.92. The minimum Gasteiger partial charge on any atom is -0.460 e. The van der Waals surface area contributed by atoms with Gasteiger partial charge in [0.1, 0.15) is 12.5 Å². The summed E-state index contributed by atoms with van der Waals surface area (Å²) in [6.45, 7) is 2.19. The van der Waals surface area contributed by atoms with Gasteiger partial charge in [0.25, 0.3) is 0 Å². The van der Waals surface area contributed by atoms with Crippen molar-refractivity contribution in [2.24, 2.45) is 5.92 Å². The van der Waals surface area contributed by atoms with E-state index in [2.05, 4.69) is 4.98 Å². The standard InChI is InChI=1S/C19H21NO3/c1-13-2-4-15(5-3-13)17(18(21)16-6-7-16)19(22)23-12-14-8-10-20-11-9-14/h2-5,8-11,16-18,21H,6-7,12H2,1H3. The van der Waals surface area contributed by atoms with Crippen LogP contribution in [-0.2, 0) is 16.1 Å². The van der Waals surface area contributed by atoms with Crippen molar-refractivity contribution < 1.29 is 14.6 Å². The maximum Gasteiger partial charge on any atom is 0.316 e. The quantitative estimate of drug-likeness (QED) is 0.833. The fraction of sp³-hybridized carbons (Fsp3) is 0.368. The minimum atomic E-state index is -0.678. The summed E-state index contributed by atoms with van der Waals surface area (Å²) in [6, 6.07) is 11.3. The molecular weight excluding hydrogens is 290 g/mol. The van der Waals surface area contributed by atoms with E-state index in [9.17, 15) is 9.90 Å². The molecule has 1 N–H and O–H groups in total. The summed E-state index contributed by atoms with van der Waals surface area (Å²) in [4.78, 5) is 16.5. The molecule has 0 radical (unpaired) electrons. The number of aromatic nitrogens is 1. The Labute approximate surface area is 136 Å². The van der Waals surface area contributed by atoms with Crippen LogP contribution in [0, 0.1) is 12.8 Å². The van der Waals surface area contributed by atoms with Crippen molar-refractivity contribution in [1.82, 2.24) is 4.98 Å². The van der Waals surface area contributed by atoms with Crippen LogP contribution in [0.4, 0.5) is 0 Å². The van der Waals surface area contributed by atoms with Gasteiger partial charge in [-0.25, -0.2) is 0 Å². The van der Waals surface area contributed by atoms with Crippen LogP contribution in [0.15, 0.2) is 48.8 Å². The molecule has 0 bridgehead atoms. The minimum absolute atomic E-state index is 0.196. The van der Waals surface area contributed by atoms with Crippen molar-refractivity contribution in [2.45, 2.75) is 38.4 Å². The van der Waals surface area contributed by atoms with E-state index in [0.29, 0.717) is 0 Å². The van der Waals surface area contributed by atoms with E-state index >= 15 is 0 Å². The molecule has 120 valence electrons. The largest absolute Gasteiger partial charge is 0.460 e. The first-order valence-corrected chi connectivity index (χ1v) is 7.95. The third-order valence-corrected chi connectivity index (χ3v) is 4.27. The second-order valence-electron chi connectivity index (χ2n) is 6.18. The Morgan fingerprint density at radius 3 is 2.48 bits per heavy atom. The molecule has 1 fully saturated rings. The highest BCUT2D eigenvalue weighted by atomic mass is 16.5. The number of aliphatic hydroxyl groups is 1. The normalized spacial score (nSPS) is 16.6. The monoisotopic (exact) mass is 311 g/mol. The first-order valence-electron chi connectivity index (χ1n) is 7.95. The van der Waals surface area contributed by atoms with E-state index in [1.807, 2.05) is 43.3 Å². The highest BCUT2D eigenvalue weighted by molar-refractivity contribution is 5.79. The predicted molar refractivity (Wildman–Crippen MR) is 86.7 cm³/mol. The van der Waals surface area contributed by atoms with Crippen LogP contribution in [0.3, 0.4) is 0 Å². The lowest BCUT2D eigenvalue weighted by molar-refractivity contribution is -0.150. The number of rotatable bonds is 6. The van der Waals surface area contributed by atoms with Crippen molar-refractivity contribution in [3.05, 3.63) is 65.5 Å². The number of carbonyl (C=O) groups excluding carboxylic acids is 1. The van der Waals surface area contributed by atoms with Crippen LogP contribution in [0.2, 0.25) is 0 Å². The molecule has 1 aliphatic carbocycles. The molecule has 1 aromatic carbocycles. The molecule has 2 aromatic rings. The SMILES string of the molecule is Cc1ccc(C(C(=O)OCc2ccncc2)C(O)C2CC2)cc1. The topological polar surface area (TPSA) is 59.4 Å². The van der Waals surface area contributed by atoms with Gasteiger partial charge in [-0.15, -0.1) is 0 Å². The van der Waals surface area contributed by atoms with Gasteiger partial charge in [0, 0.05) is 12.4 Å². The maximum absolute atomic E-state index is 12.6. The van der Waals surface area contributed by atoms with Gasteiger partial charge in [-0.05, 0) is 48.9 Å². The van der Waals surface area contributed by atoms with Crippen molar-refractivity contribution in [3.63, 3.8) is 0 Å². The van der Waals surface area contributed by atoms with Gasteiger partial charge < -0.3 is 9.84 Å². The number of hydrogen-bond donors (Lipinski definition) is 1. The Morgan fingerprint density at radius 2 is 1.87 bits per heavy atom. The predicted octanol–water partition coefficient (Wildman–Crippen LogP) is 2.99. The summed E-state index contributed by atoms with van der Waals surface area (Å²) < 4.78 is 5.45. The zero-order valence-electron chi connectivity index (χ0n) is 13.2. The highest BCUT2D eigenvalue weighted by Crippen LogP contribution is 2.39. The Morgan fingerprint density at radius 1 is 1.22 bits per heavy atom. The van der Waals surface area contributed by atoms with E-state index in [-0.39, 0.29) is 18.5 Å². The van der Waals surface area contributed by atoms with Crippen molar-refractivity contribution in [1.29, 1.82) is 0 Å². The van der Waals surface area contributed by atoms with Gasteiger partial charge in [0.15, 0.2) is 0 Å². The molecule has 4 heteroatoms. The van der Waals surface area contributed by atoms with Crippen molar-refractivity contribution in [3.8, 4) is 0 Å². The zero-order valence-corrected chi connectivity index (χ0v) is 13.2. The fourth-order valence-corrected chi connectivity index (χ4v) is 2.68. The lowest BCUT2D eigenvalue weighted by Crippen LogP contribution is -2.29. The van der Waals surface area contributed by atoms with E-state index in [1.54, 1.807) is 12.4 Å². The molecule has 0 aliphatic heterocycles. The molecule has 1 aromatic heterocycles. The number of ether oxygens (including phenoxy) is 1. The van der Waals surface area contributed by atoms with Crippen molar-refractivity contribution >= 4 is 5.97 Å². The molecule has 4 nitrogen and oxygen atoms in total. The first-order chi connectivity index (χ1) is 11.1. The lowest BCUT2D eigenvalue weighted by atomic mass is 9.90. The number of carbonyl (C=O) groups is 1. The number of esters is 1. The number of hydrogen-bond acceptors (Lipinski definition) is 4. The van der Waals surface area contributed by atoms with Crippen molar-refractivity contribution in [2.75, 3.05) is 0 Å². The summed E-state index contributed by atoms with van der Waals surface area (Å²) >= 11 is 0. The van der Waals surface area contributed by atoms with E-state index in [0.717, 1.165) is 29.5 Å². The number of pyridine rings is 1. The third kappa shape index (κ3) is 3.96. The average molecular weight is 311 g/mol. The molecule has 0 saturated heterocycles. The van der Waals surface area contributed by atoms with Crippen LogP contribution in [0.5, 0.6) is 0 Å². The molecule has 3 rings (SSSR count). The molecule has 1 saturated carbocycles. The third-order valence-electron chi connectivity index (χ3n) is 4.27. The number of aryl methyl sites for hydroxylation is 1. The molecule has 1 aliphatic rings. The molecule has 0 amide bonds. The summed E-state index contributed by atoms with van der Waals surface area (Å²) in [5.41, 5.74) is 2.82. The van der Waals surface area contributed by atoms with Crippen LogP contribution < -0.4 is 0 Å². The Hall–Kier alpha value is -2.20. The number of benzene rings is 1. The first kappa shape index (κ1) is 15.7. The Bertz CT molecular complexity index is 650. The molecule has 2 unspecified atom stereocenters. The van der Waals surface area contributed by atoms with Crippen LogP contribution >= 0.6 is 0 Å². The van der Waals surface area contributed by atoms with E-state index < -0.39 is 12.0 Å². The summed E-state index contributed by atoms with van der Waals surface area (Å²) in [5, 5.41) is 10.5. The van der Waals surface area contributed by atoms with Gasteiger partial charge in [-0.1, -0.05) is 29.8 Å². The maximum atomic E-state index is 12.6. The Kier molecular flexibility index (Phi) is 4.72. The van der Waals surface area contributed by atoms with Gasteiger partial charge in [-0.2, -0.15) is 0 Å². The van der Waals surface area contributed by atoms with Crippen LogP contribution in [0.25, 0.3) is 0 Å². The smallest absolute Gasteiger partial charge is 0.316 e. The Balaban J connectivity index is 1.74. The van der Waals surface area contributed by atoms with Crippen LogP contribution in [-0.4, -0.2) is 22.2 Å². The second-order valence-corrected chi connectivity index (χ2v) is 6.18. The summed E-state index contributed by atoms with van der Waals surface area (Å²) in [5.74, 6) is -0.787. The van der Waals surface area contributed by atoms with Gasteiger partial charge >= 0.3 is 5.97 Å². The molecule has 0 spiro atoms. The van der Waals surface area contributed by atoms with Gasteiger partial charge in [0.2, 0.25) is 0 Å².